The molecule has 0 aliphatic carbocycles. The molecule has 0 saturated carbocycles. The summed E-state index contributed by atoms with van der Waals surface area (Å²) in [4.78, 5) is 21.2. The highest BCUT2D eigenvalue weighted by Gasteiger charge is 2.27. The third-order valence-electron chi connectivity index (χ3n) is 6.23. The number of carbonyl (C=O) groups excluding carboxylic acids is 1. The minimum absolute atomic E-state index is 0.0769. The van der Waals surface area contributed by atoms with Crippen LogP contribution < -0.4 is 10.2 Å². The van der Waals surface area contributed by atoms with Gasteiger partial charge in [-0.05, 0) is 55.4 Å². The summed E-state index contributed by atoms with van der Waals surface area (Å²) < 4.78 is 12.9. The van der Waals surface area contributed by atoms with Crippen LogP contribution in [-0.4, -0.2) is 41.0 Å². The molecule has 1 aliphatic rings. The Hall–Kier alpha value is -1.97. The van der Waals surface area contributed by atoms with Gasteiger partial charge < -0.3 is 14.8 Å². The molecule has 1 saturated heterocycles. The fourth-order valence-corrected chi connectivity index (χ4v) is 6.92. The Kier molecular flexibility index (Phi) is 9.41. The summed E-state index contributed by atoms with van der Waals surface area (Å²) in [7, 11) is 0. The molecule has 1 fully saturated rings. The summed E-state index contributed by atoms with van der Waals surface area (Å²) in [5.41, 5.74) is 4.08. The number of aromatic nitrogens is 1. The van der Waals surface area contributed by atoms with Crippen molar-refractivity contribution in [3.8, 4) is 10.6 Å². The minimum atomic E-state index is -1.03. The second-order valence-electron chi connectivity index (χ2n) is 8.72. The summed E-state index contributed by atoms with van der Waals surface area (Å²) in [6.45, 7) is 4.02. The number of thioether (sulfide) groups is 1. The highest BCUT2D eigenvalue weighted by Crippen LogP contribution is 2.32. The number of para-hydroxylation sites is 1. The van der Waals surface area contributed by atoms with Crippen LogP contribution in [-0.2, 0) is 22.5 Å². The summed E-state index contributed by atoms with van der Waals surface area (Å²) in [5, 5.41) is 4.78. The molecule has 4 rings (SSSR count). The maximum Gasteiger partial charge on any atom is 0.225 e. The van der Waals surface area contributed by atoms with Gasteiger partial charge in [0.05, 0.1) is 18.2 Å². The molecule has 2 aromatic carbocycles. The summed E-state index contributed by atoms with van der Waals surface area (Å²) in [6, 6.07) is 15.8. The van der Waals surface area contributed by atoms with E-state index in [0.717, 1.165) is 56.0 Å². The van der Waals surface area contributed by atoms with E-state index in [0.29, 0.717) is 18.1 Å². The van der Waals surface area contributed by atoms with E-state index in [9.17, 15) is 9.35 Å². The van der Waals surface area contributed by atoms with E-state index in [1.165, 1.54) is 11.8 Å². The van der Waals surface area contributed by atoms with Crippen LogP contribution in [0.4, 0.5) is 5.69 Å². The SMILES string of the molecule is CS/C(=C/c1ccccc1N1CCCC(C(=O)NCc2sc(-c3ccc(Cl)cc3)nc2C)C1)[S+](C)[O-]. The number of halogens is 1. The van der Waals surface area contributed by atoms with Crippen molar-refractivity contribution in [1.29, 1.82) is 0 Å². The number of carbonyl (C=O) groups is 1. The van der Waals surface area contributed by atoms with Gasteiger partial charge in [0, 0.05) is 45.9 Å². The molecule has 190 valence electrons. The molecule has 5 nitrogen and oxygen atoms in total. The number of aryl methyl sites for hydroxylation is 1. The summed E-state index contributed by atoms with van der Waals surface area (Å²) in [6.07, 6.45) is 7.47. The molecule has 2 unspecified atom stereocenters. The Bertz CT molecular complexity index is 1230. The van der Waals surface area contributed by atoms with Crippen molar-refractivity contribution in [3.05, 3.63) is 73.9 Å². The van der Waals surface area contributed by atoms with Crippen molar-refractivity contribution in [2.45, 2.75) is 26.3 Å². The van der Waals surface area contributed by atoms with E-state index in [2.05, 4.69) is 16.3 Å². The smallest absolute Gasteiger partial charge is 0.225 e. The van der Waals surface area contributed by atoms with Crippen LogP contribution in [0.1, 0.15) is 29.0 Å². The van der Waals surface area contributed by atoms with Gasteiger partial charge >= 0.3 is 0 Å². The Morgan fingerprint density at radius 3 is 2.78 bits per heavy atom. The number of hydrogen-bond acceptors (Lipinski definition) is 6. The van der Waals surface area contributed by atoms with Crippen LogP contribution in [0.5, 0.6) is 0 Å². The van der Waals surface area contributed by atoms with E-state index >= 15 is 0 Å². The van der Waals surface area contributed by atoms with Crippen LogP contribution in [0.3, 0.4) is 0 Å². The van der Waals surface area contributed by atoms with Gasteiger partial charge in [0.1, 0.15) is 11.3 Å². The third kappa shape index (κ3) is 6.66. The van der Waals surface area contributed by atoms with Crippen LogP contribution in [0.25, 0.3) is 16.6 Å². The van der Waals surface area contributed by atoms with Gasteiger partial charge in [-0.2, -0.15) is 0 Å². The molecule has 1 N–H and O–H groups in total. The Morgan fingerprint density at radius 1 is 1.31 bits per heavy atom. The maximum atomic E-state index is 13.1. The second kappa shape index (κ2) is 12.5. The van der Waals surface area contributed by atoms with E-state index in [1.54, 1.807) is 17.6 Å². The van der Waals surface area contributed by atoms with E-state index < -0.39 is 11.2 Å². The fraction of sp³-hybridized carbons (Fsp3) is 0.333. The van der Waals surface area contributed by atoms with Crippen LogP contribution in [0.15, 0.2) is 52.8 Å². The molecule has 0 bridgehead atoms. The zero-order chi connectivity index (χ0) is 25.7. The number of nitrogens with one attached hydrogen (secondary N) is 1. The largest absolute Gasteiger partial charge is 0.611 e. The average Bonchev–Trinajstić information content (AvgIpc) is 3.26. The van der Waals surface area contributed by atoms with E-state index in [4.69, 9.17) is 16.6 Å². The number of thiazole rings is 1. The lowest BCUT2D eigenvalue weighted by Gasteiger charge is -2.34. The first-order valence-corrected chi connectivity index (χ1v) is 15.8. The van der Waals surface area contributed by atoms with Crippen LogP contribution in [0.2, 0.25) is 5.02 Å². The molecule has 1 aliphatic heterocycles. The molecule has 2 atom stereocenters. The van der Waals surface area contributed by atoms with Crippen molar-refractivity contribution in [2.24, 2.45) is 5.92 Å². The number of hydrogen-bond donors (Lipinski definition) is 1. The molecule has 9 heteroatoms. The fourth-order valence-electron chi connectivity index (χ4n) is 4.31. The molecule has 1 amide bonds. The lowest BCUT2D eigenvalue weighted by atomic mass is 9.96. The molecule has 3 aromatic rings. The summed E-state index contributed by atoms with van der Waals surface area (Å²) in [5.74, 6) is -0.00638. The van der Waals surface area contributed by atoms with Crippen molar-refractivity contribution in [1.82, 2.24) is 10.3 Å². The van der Waals surface area contributed by atoms with Crippen molar-refractivity contribution in [2.75, 3.05) is 30.5 Å². The molecule has 0 spiro atoms. The highest BCUT2D eigenvalue weighted by molar-refractivity contribution is 8.18. The Balaban J connectivity index is 1.42. The minimum Gasteiger partial charge on any atom is -0.611 e. The van der Waals surface area contributed by atoms with Crippen molar-refractivity contribution >= 4 is 63.5 Å². The number of anilines is 1. The molecular formula is C27H30ClN3O2S3. The van der Waals surface area contributed by atoms with Gasteiger partial charge in [-0.25, -0.2) is 4.98 Å². The predicted molar refractivity (Wildman–Crippen MR) is 156 cm³/mol. The van der Waals surface area contributed by atoms with Gasteiger partial charge in [-0.15, -0.1) is 11.3 Å². The van der Waals surface area contributed by atoms with Gasteiger partial charge in [-0.3, -0.25) is 4.79 Å². The number of benzene rings is 2. The van der Waals surface area contributed by atoms with E-state index in [1.807, 2.05) is 61.7 Å². The van der Waals surface area contributed by atoms with E-state index in [-0.39, 0.29) is 11.8 Å². The summed E-state index contributed by atoms with van der Waals surface area (Å²) >= 11 is 8.09. The Morgan fingerprint density at radius 2 is 2.06 bits per heavy atom. The monoisotopic (exact) mass is 559 g/mol. The molecular weight excluding hydrogens is 530 g/mol. The predicted octanol–water partition coefficient (Wildman–Crippen LogP) is 6.34. The second-order valence-corrected chi connectivity index (χ2v) is 12.7. The first-order valence-electron chi connectivity index (χ1n) is 11.8. The first-order chi connectivity index (χ1) is 17.4. The van der Waals surface area contributed by atoms with Crippen molar-refractivity contribution < 1.29 is 9.35 Å². The number of piperidine rings is 1. The van der Waals surface area contributed by atoms with Crippen molar-refractivity contribution in [3.63, 3.8) is 0 Å². The Labute approximate surface area is 229 Å². The topological polar surface area (TPSA) is 68.3 Å². The lowest BCUT2D eigenvalue weighted by Crippen LogP contribution is -2.43. The van der Waals surface area contributed by atoms with Gasteiger partial charge in [0.25, 0.3) is 0 Å². The normalized spacial score (nSPS) is 17.2. The maximum absolute atomic E-state index is 13.1. The molecule has 1 aromatic heterocycles. The zero-order valence-electron chi connectivity index (χ0n) is 20.6. The van der Waals surface area contributed by atoms with Gasteiger partial charge in [0.2, 0.25) is 5.91 Å². The average molecular weight is 560 g/mol. The third-order valence-corrected chi connectivity index (χ3v) is 10.1. The molecule has 0 radical (unpaired) electrons. The first kappa shape index (κ1) is 27.1. The van der Waals surface area contributed by atoms with Crippen LogP contribution in [0, 0.1) is 12.8 Å². The zero-order valence-corrected chi connectivity index (χ0v) is 23.8. The highest BCUT2D eigenvalue weighted by atomic mass is 35.5. The standard InChI is InChI=1S/C27H30ClN3O2S3/c1-18-24(35-27(30-18)19-10-12-22(28)13-11-19)16-29-26(32)21-8-6-14-31(17-21)23-9-5-4-7-20(23)15-25(34-2)36(3)33/h4-5,7,9-13,15,21H,6,8,14,16-17H2,1-3H3,(H,29,32)/b25-15-. The van der Waals surface area contributed by atoms with Gasteiger partial charge in [-0.1, -0.05) is 53.7 Å². The molecule has 36 heavy (non-hydrogen) atoms. The van der Waals surface area contributed by atoms with Crippen LogP contribution >= 0.6 is 34.7 Å². The number of rotatable bonds is 8. The number of nitrogens with zero attached hydrogens (tertiary/aromatic N) is 2. The molecule has 2 heterocycles. The lowest BCUT2D eigenvalue weighted by molar-refractivity contribution is -0.125. The quantitative estimate of drug-likeness (QED) is 0.326. The number of amides is 1. The van der Waals surface area contributed by atoms with Gasteiger partial charge in [0.15, 0.2) is 4.24 Å².